The van der Waals surface area contributed by atoms with Crippen molar-refractivity contribution in [3.05, 3.63) is 83.0 Å². The van der Waals surface area contributed by atoms with Gasteiger partial charge in [0.2, 0.25) is 5.91 Å². The first kappa shape index (κ1) is 26.7. The first-order valence-electron chi connectivity index (χ1n) is 12.6. The van der Waals surface area contributed by atoms with E-state index in [1.807, 2.05) is 59.5 Å². The molecule has 4 rings (SSSR count). The molecule has 1 N–H and O–H groups in total. The highest BCUT2D eigenvalue weighted by molar-refractivity contribution is 7.98. The SMILES string of the molecule is CC(=O)N1CCN(c2cc(C(C)(C)C)nc(SCc3cccc(C(=O)NCc4ccccc4)c3)n2)CC1. The lowest BCUT2D eigenvalue weighted by Gasteiger charge is -2.35. The van der Waals surface area contributed by atoms with Gasteiger partial charge in [0.1, 0.15) is 5.82 Å². The fraction of sp³-hybridized carbons (Fsp3) is 0.379. The van der Waals surface area contributed by atoms with E-state index in [-0.39, 0.29) is 17.2 Å². The van der Waals surface area contributed by atoms with Crippen molar-refractivity contribution in [2.45, 2.75) is 50.6 Å². The second-order valence-corrected chi connectivity index (χ2v) is 11.2. The van der Waals surface area contributed by atoms with Crippen LogP contribution in [-0.4, -0.2) is 52.9 Å². The number of hydrogen-bond donors (Lipinski definition) is 1. The van der Waals surface area contributed by atoms with Gasteiger partial charge in [-0.3, -0.25) is 9.59 Å². The molecule has 2 amide bonds. The number of thioether (sulfide) groups is 1. The van der Waals surface area contributed by atoms with Crippen molar-refractivity contribution in [1.29, 1.82) is 0 Å². The van der Waals surface area contributed by atoms with E-state index in [0.717, 1.165) is 40.9 Å². The zero-order valence-corrected chi connectivity index (χ0v) is 22.8. The number of hydrogen-bond acceptors (Lipinski definition) is 6. The van der Waals surface area contributed by atoms with Crippen molar-refractivity contribution < 1.29 is 9.59 Å². The molecule has 1 aliphatic rings. The highest BCUT2D eigenvalue weighted by Crippen LogP contribution is 2.29. The molecule has 0 radical (unpaired) electrons. The largest absolute Gasteiger partial charge is 0.353 e. The fourth-order valence-electron chi connectivity index (χ4n) is 4.10. The van der Waals surface area contributed by atoms with Crippen LogP contribution >= 0.6 is 11.8 Å². The van der Waals surface area contributed by atoms with Gasteiger partial charge in [-0.15, -0.1) is 0 Å². The van der Waals surface area contributed by atoms with Crippen molar-refractivity contribution in [3.63, 3.8) is 0 Å². The predicted octanol–water partition coefficient (Wildman–Crippen LogP) is 4.66. The summed E-state index contributed by atoms with van der Waals surface area (Å²) in [5.74, 6) is 1.59. The third-order valence-electron chi connectivity index (χ3n) is 6.36. The number of rotatable bonds is 7. The van der Waals surface area contributed by atoms with Gasteiger partial charge >= 0.3 is 0 Å². The Balaban J connectivity index is 1.44. The molecule has 1 fully saturated rings. The van der Waals surface area contributed by atoms with E-state index in [1.165, 1.54) is 0 Å². The first-order chi connectivity index (χ1) is 17.7. The van der Waals surface area contributed by atoms with Gasteiger partial charge in [0.25, 0.3) is 5.91 Å². The van der Waals surface area contributed by atoms with Crippen LogP contribution in [0.5, 0.6) is 0 Å². The maximum Gasteiger partial charge on any atom is 0.251 e. The van der Waals surface area contributed by atoms with Crippen LogP contribution in [0.1, 0.15) is 54.9 Å². The van der Waals surface area contributed by atoms with Crippen molar-refractivity contribution >= 4 is 29.4 Å². The minimum absolute atomic E-state index is 0.0892. The van der Waals surface area contributed by atoms with Gasteiger partial charge in [-0.1, -0.05) is 75.0 Å². The number of amides is 2. The van der Waals surface area contributed by atoms with Gasteiger partial charge in [-0.05, 0) is 23.3 Å². The number of aromatic nitrogens is 2. The molecule has 7 nitrogen and oxygen atoms in total. The summed E-state index contributed by atoms with van der Waals surface area (Å²) in [4.78, 5) is 38.3. The zero-order chi connectivity index (χ0) is 26.4. The van der Waals surface area contributed by atoms with Crippen molar-refractivity contribution in [2.75, 3.05) is 31.1 Å². The third-order valence-corrected chi connectivity index (χ3v) is 7.28. The molecule has 0 spiro atoms. The number of piperazine rings is 1. The van der Waals surface area contributed by atoms with Gasteiger partial charge in [-0.25, -0.2) is 9.97 Å². The molecule has 0 unspecified atom stereocenters. The van der Waals surface area contributed by atoms with Crippen LogP contribution < -0.4 is 10.2 Å². The van der Waals surface area contributed by atoms with Crippen LogP contribution in [0.4, 0.5) is 5.82 Å². The van der Waals surface area contributed by atoms with E-state index in [4.69, 9.17) is 9.97 Å². The molecule has 0 aliphatic carbocycles. The quantitative estimate of drug-likeness (QED) is 0.363. The molecule has 1 aromatic heterocycles. The van der Waals surface area contributed by atoms with E-state index in [2.05, 4.69) is 37.1 Å². The minimum Gasteiger partial charge on any atom is -0.353 e. The maximum absolute atomic E-state index is 12.7. The molecule has 0 saturated carbocycles. The lowest BCUT2D eigenvalue weighted by atomic mass is 9.92. The van der Waals surface area contributed by atoms with Crippen LogP contribution in [0.3, 0.4) is 0 Å². The van der Waals surface area contributed by atoms with Gasteiger partial charge in [-0.2, -0.15) is 0 Å². The normalized spacial score (nSPS) is 13.9. The Morgan fingerprint density at radius 2 is 1.62 bits per heavy atom. The summed E-state index contributed by atoms with van der Waals surface area (Å²) in [5.41, 5.74) is 3.62. The number of benzene rings is 2. The second-order valence-electron chi connectivity index (χ2n) is 10.3. The number of nitrogens with one attached hydrogen (secondary N) is 1. The van der Waals surface area contributed by atoms with E-state index in [0.29, 0.717) is 31.0 Å². The molecular weight excluding hydrogens is 482 g/mol. The lowest BCUT2D eigenvalue weighted by Crippen LogP contribution is -2.48. The van der Waals surface area contributed by atoms with Crippen LogP contribution in [0.25, 0.3) is 0 Å². The molecule has 2 aromatic carbocycles. The monoisotopic (exact) mass is 517 g/mol. The topological polar surface area (TPSA) is 78.4 Å². The molecule has 2 heterocycles. The van der Waals surface area contributed by atoms with Crippen molar-refractivity contribution in [1.82, 2.24) is 20.2 Å². The number of carbonyl (C=O) groups is 2. The Hall–Kier alpha value is -3.39. The molecule has 8 heteroatoms. The Labute approximate surface area is 223 Å². The summed E-state index contributed by atoms with van der Waals surface area (Å²) < 4.78 is 0. The summed E-state index contributed by atoms with van der Waals surface area (Å²) in [7, 11) is 0. The lowest BCUT2D eigenvalue weighted by molar-refractivity contribution is -0.129. The molecule has 37 heavy (non-hydrogen) atoms. The average Bonchev–Trinajstić information content (AvgIpc) is 2.90. The number of nitrogens with zero attached hydrogens (tertiary/aromatic N) is 4. The van der Waals surface area contributed by atoms with Gasteiger partial charge < -0.3 is 15.1 Å². The summed E-state index contributed by atoms with van der Waals surface area (Å²) in [5, 5.41) is 3.71. The van der Waals surface area contributed by atoms with E-state index < -0.39 is 0 Å². The molecule has 1 saturated heterocycles. The minimum atomic E-state index is -0.120. The summed E-state index contributed by atoms with van der Waals surface area (Å²) in [6, 6.07) is 19.7. The highest BCUT2D eigenvalue weighted by Gasteiger charge is 2.24. The Kier molecular flexibility index (Phi) is 8.48. The molecule has 0 atom stereocenters. The molecule has 3 aromatic rings. The standard InChI is InChI=1S/C29H35N5O2S/c1-21(35)33-13-15-34(16-14-33)26-18-25(29(2,3)4)31-28(32-26)37-20-23-11-8-12-24(17-23)27(36)30-19-22-9-6-5-7-10-22/h5-12,17-18H,13-16,19-20H2,1-4H3,(H,30,36). The summed E-state index contributed by atoms with van der Waals surface area (Å²) in [6.07, 6.45) is 0. The average molecular weight is 518 g/mol. The number of carbonyl (C=O) groups excluding carboxylic acids is 2. The van der Waals surface area contributed by atoms with E-state index in [1.54, 1.807) is 18.7 Å². The van der Waals surface area contributed by atoms with Crippen molar-refractivity contribution in [3.8, 4) is 0 Å². The van der Waals surface area contributed by atoms with E-state index in [9.17, 15) is 9.59 Å². The van der Waals surface area contributed by atoms with Gasteiger partial charge in [0.15, 0.2) is 5.16 Å². The summed E-state index contributed by atoms with van der Waals surface area (Å²) >= 11 is 1.57. The van der Waals surface area contributed by atoms with Crippen LogP contribution in [0, 0.1) is 0 Å². The molecule has 194 valence electrons. The molecular formula is C29H35N5O2S. The van der Waals surface area contributed by atoms with Crippen LogP contribution in [0.2, 0.25) is 0 Å². The van der Waals surface area contributed by atoms with E-state index >= 15 is 0 Å². The number of anilines is 1. The zero-order valence-electron chi connectivity index (χ0n) is 22.0. The van der Waals surface area contributed by atoms with Crippen LogP contribution in [0.15, 0.2) is 65.8 Å². The molecule has 1 aliphatic heterocycles. The Morgan fingerprint density at radius 3 is 2.30 bits per heavy atom. The first-order valence-corrected chi connectivity index (χ1v) is 13.6. The third kappa shape index (κ3) is 7.32. The van der Waals surface area contributed by atoms with Crippen molar-refractivity contribution in [2.24, 2.45) is 0 Å². The van der Waals surface area contributed by atoms with Crippen LogP contribution in [-0.2, 0) is 22.5 Å². The second kappa shape index (κ2) is 11.8. The van der Waals surface area contributed by atoms with Gasteiger partial charge in [0.05, 0.1) is 5.69 Å². The highest BCUT2D eigenvalue weighted by atomic mass is 32.2. The van der Waals surface area contributed by atoms with Gasteiger partial charge in [0, 0.05) is 62.4 Å². The Morgan fingerprint density at radius 1 is 0.919 bits per heavy atom. The molecule has 0 bridgehead atoms. The fourth-order valence-corrected chi connectivity index (χ4v) is 4.90. The maximum atomic E-state index is 12.7. The summed E-state index contributed by atoms with van der Waals surface area (Å²) in [6.45, 7) is 11.5. The predicted molar refractivity (Wildman–Crippen MR) is 149 cm³/mol. The Bertz CT molecular complexity index is 1230. The smallest absolute Gasteiger partial charge is 0.251 e.